The van der Waals surface area contributed by atoms with Crippen LogP contribution in [-0.4, -0.2) is 16.7 Å². The van der Waals surface area contributed by atoms with Crippen LogP contribution in [0.2, 0.25) is 0 Å². The Morgan fingerprint density at radius 1 is 1.11 bits per heavy atom. The van der Waals surface area contributed by atoms with Crippen molar-refractivity contribution in [3.63, 3.8) is 0 Å². The zero-order valence-corrected chi connectivity index (χ0v) is 16.4. The summed E-state index contributed by atoms with van der Waals surface area (Å²) < 4.78 is 10.2. The summed E-state index contributed by atoms with van der Waals surface area (Å²) in [6, 6.07) is 12.9. The summed E-state index contributed by atoms with van der Waals surface area (Å²) in [5.74, 6) is -0.686. The van der Waals surface area contributed by atoms with Gasteiger partial charge in [0, 0.05) is 9.64 Å². The monoisotopic (exact) mass is 402 g/mol. The molecule has 0 spiro atoms. The van der Waals surface area contributed by atoms with Gasteiger partial charge in [0.15, 0.2) is 0 Å². The molecule has 6 nitrogen and oxygen atoms in total. The molecular weight excluding hydrogens is 384 g/mol. The fraction of sp³-hybridized carbons (Fsp3) is 0.211. The maximum absolute atomic E-state index is 12.5. The number of esters is 2. The van der Waals surface area contributed by atoms with Gasteiger partial charge in [-0.3, -0.25) is 9.93 Å². The molecule has 27 heavy (non-hydrogen) atoms. The lowest BCUT2D eigenvalue weighted by molar-refractivity contribution is -0.134. The lowest BCUT2D eigenvalue weighted by Crippen LogP contribution is -2.25. The molecule has 0 aliphatic heterocycles. The van der Waals surface area contributed by atoms with Gasteiger partial charge in [-0.05, 0) is 62.0 Å². The molecule has 2 aromatic carbocycles. The van der Waals surface area contributed by atoms with E-state index in [-0.39, 0.29) is 17.7 Å². The second-order valence-corrected chi connectivity index (χ2v) is 8.28. The fourth-order valence-electron chi connectivity index (χ4n) is 2.06. The van der Waals surface area contributed by atoms with Gasteiger partial charge in [-0.15, -0.1) is 0 Å². The average Bonchev–Trinajstić information content (AvgIpc) is 2.63. The highest BCUT2D eigenvalue weighted by atomic mass is 32.2. The zero-order valence-electron chi connectivity index (χ0n) is 14.8. The van der Waals surface area contributed by atoms with E-state index < -0.39 is 16.7 Å². The van der Waals surface area contributed by atoms with Crippen molar-refractivity contribution in [3.05, 3.63) is 54.1 Å². The Hall–Kier alpha value is -2.47. The van der Waals surface area contributed by atoms with Gasteiger partial charge in [0.2, 0.25) is 0 Å². The van der Waals surface area contributed by atoms with Gasteiger partial charge in [0.05, 0.1) is 6.42 Å². The van der Waals surface area contributed by atoms with Crippen LogP contribution in [0.25, 0.3) is 0 Å². The highest BCUT2D eigenvalue weighted by Gasteiger charge is 2.24. The van der Waals surface area contributed by atoms with Crippen LogP contribution in [0.5, 0.6) is 11.5 Å². The van der Waals surface area contributed by atoms with Crippen molar-refractivity contribution in [3.8, 4) is 16.9 Å². The molecule has 0 aromatic heterocycles. The number of nitrogens with zero attached hydrogens (tertiary/aromatic N) is 1. The van der Waals surface area contributed by atoms with Crippen LogP contribution in [-0.2, 0) is 4.79 Å². The molecule has 0 saturated carbocycles. The van der Waals surface area contributed by atoms with E-state index in [4.69, 9.17) is 19.9 Å². The molecule has 0 unspecified atom stereocenters. The molecule has 0 atom stereocenters. The van der Waals surface area contributed by atoms with Gasteiger partial charge < -0.3 is 9.47 Å². The third-order valence-electron chi connectivity index (χ3n) is 3.42. The number of thiocyanates is 1. The van der Waals surface area contributed by atoms with Gasteiger partial charge in [-0.1, -0.05) is 24.1 Å². The predicted octanol–water partition coefficient (Wildman–Crippen LogP) is 4.16. The topological polar surface area (TPSA) is 102 Å². The van der Waals surface area contributed by atoms with Crippen molar-refractivity contribution in [1.29, 1.82) is 5.26 Å². The first kappa shape index (κ1) is 20.8. The third-order valence-corrected chi connectivity index (χ3v) is 4.80. The van der Waals surface area contributed by atoms with Crippen LogP contribution in [0.15, 0.2) is 53.4 Å². The van der Waals surface area contributed by atoms with Crippen molar-refractivity contribution < 1.29 is 19.1 Å². The van der Waals surface area contributed by atoms with Crippen LogP contribution in [0, 0.1) is 10.7 Å². The second-order valence-electron chi connectivity index (χ2n) is 6.08. The number of nitrogens with two attached hydrogens (primary N) is 1. The van der Waals surface area contributed by atoms with Crippen LogP contribution in [0.1, 0.15) is 30.6 Å². The molecule has 0 aliphatic carbocycles. The third kappa shape index (κ3) is 6.32. The standard InChI is InChI=1S/C19H18N2O4S2/c1-19(2,27-21)11-17(22)25-16-6-4-3-5-15(16)18(23)24-13-7-9-14(10-8-13)26-12-20/h3-10H,11,21H2,1-2H3. The van der Waals surface area contributed by atoms with E-state index >= 15 is 0 Å². The lowest BCUT2D eigenvalue weighted by Gasteiger charge is -2.19. The molecule has 8 heteroatoms. The molecule has 2 N–H and O–H groups in total. The van der Waals surface area contributed by atoms with Crippen molar-refractivity contribution in [2.45, 2.75) is 29.9 Å². The highest BCUT2D eigenvalue weighted by Crippen LogP contribution is 2.26. The summed E-state index contributed by atoms with van der Waals surface area (Å²) in [5, 5.41) is 16.2. The smallest absolute Gasteiger partial charge is 0.347 e. The first-order chi connectivity index (χ1) is 12.8. The first-order valence-corrected chi connectivity index (χ1v) is 9.60. The van der Waals surface area contributed by atoms with Crippen LogP contribution < -0.4 is 14.6 Å². The molecule has 0 amide bonds. The fourth-order valence-corrected chi connectivity index (χ4v) is 2.64. The minimum Gasteiger partial charge on any atom is -0.426 e. The summed E-state index contributed by atoms with van der Waals surface area (Å²) in [6.07, 6.45) is 0.0928. The minimum absolute atomic E-state index is 0.0928. The molecule has 0 saturated heterocycles. The number of carbonyl (C=O) groups excluding carboxylic acids is 2. The van der Waals surface area contributed by atoms with Gasteiger partial charge in [0.25, 0.3) is 0 Å². The number of hydrogen-bond donors (Lipinski definition) is 1. The van der Waals surface area contributed by atoms with E-state index in [1.807, 2.05) is 19.2 Å². The molecule has 0 bridgehead atoms. The van der Waals surface area contributed by atoms with Crippen LogP contribution in [0.3, 0.4) is 0 Å². The second kappa shape index (κ2) is 9.46. The van der Waals surface area contributed by atoms with Crippen molar-refractivity contribution >= 4 is 35.6 Å². The molecule has 0 radical (unpaired) electrons. The van der Waals surface area contributed by atoms with Gasteiger partial charge in [-0.2, -0.15) is 5.26 Å². The Labute approximate surface area is 166 Å². The van der Waals surface area contributed by atoms with E-state index in [9.17, 15) is 9.59 Å². The largest absolute Gasteiger partial charge is 0.426 e. The lowest BCUT2D eigenvalue weighted by atomic mass is 10.1. The maximum atomic E-state index is 12.5. The molecule has 140 valence electrons. The number of rotatable bonds is 7. The molecular formula is C19H18N2O4S2. The van der Waals surface area contributed by atoms with Gasteiger partial charge in [-0.25, -0.2) is 4.79 Å². The number of ether oxygens (including phenoxy) is 2. The Morgan fingerprint density at radius 2 is 1.78 bits per heavy atom. The molecule has 2 aromatic rings. The number of thioether (sulfide) groups is 1. The quantitative estimate of drug-likeness (QED) is 0.242. The van der Waals surface area contributed by atoms with Crippen LogP contribution >= 0.6 is 23.7 Å². The van der Waals surface area contributed by atoms with Crippen molar-refractivity contribution in [2.75, 3.05) is 0 Å². The normalized spacial score (nSPS) is 10.7. The Bertz CT molecular complexity index is 861. The van der Waals surface area contributed by atoms with Gasteiger partial charge >= 0.3 is 11.9 Å². The van der Waals surface area contributed by atoms with E-state index in [1.54, 1.807) is 36.4 Å². The minimum atomic E-state index is -0.647. The number of benzene rings is 2. The number of nitriles is 1. The number of carbonyl (C=O) groups is 2. The van der Waals surface area contributed by atoms with E-state index in [0.29, 0.717) is 5.75 Å². The van der Waals surface area contributed by atoms with E-state index in [2.05, 4.69) is 0 Å². The highest BCUT2D eigenvalue weighted by molar-refractivity contribution is 8.03. The zero-order chi connectivity index (χ0) is 19.9. The molecule has 0 aliphatic rings. The van der Waals surface area contributed by atoms with Crippen molar-refractivity contribution in [2.24, 2.45) is 5.14 Å². The summed E-state index contributed by atoms with van der Waals surface area (Å²) in [6.45, 7) is 3.65. The predicted molar refractivity (Wildman–Crippen MR) is 105 cm³/mol. The van der Waals surface area contributed by atoms with Crippen molar-refractivity contribution in [1.82, 2.24) is 0 Å². The molecule has 0 heterocycles. The molecule has 0 fully saturated rings. The Balaban J connectivity index is 2.11. The SMILES string of the molecule is CC(C)(CC(=O)Oc1ccccc1C(=O)Oc1ccc(SC#N)cc1)SN. The summed E-state index contributed by atoms with van der Waals surface area (Å²) in [7, 11) is 0. The number of hydrogen-bond acceptors (Lipinski definition) is 8. The average molecular weight is 402 g/mol. The first-order valence-electron chi connectivity index (χ1n) is 7.90. The van der Waals surface area contributed by atoms with E-state index in [0.717, 1.165) is 28.6 Å². The van der Waals surface area contributed by atoms with Crippen LogP contribution in [0.4, 0.5) is 0 Å². The Kier molecular flexibility index (Phi) is 7.30. The molecule has 2 rings (SSSR count). The van der Waals surface area contributed by atoms with E-state index in [1.165, 1.54) is 12.1 Å². The summed E-state index contributed by atoms with van der Waals surface area (Å²) >= 11 is 2.08. The van der Waals surface area contributed by atoms with Gasteiger partial charge in [0.1, 0.15) is 22.5 Å². The number of para-hydroxylation sites is 1. The maximum Gasteiger partial charge on any atom is 0.347 e. The summed E-state index contributed by atoms with van der Waals surface area (Å²) in [4.78, 5) is 25.4. The Morgan fingerprint density at radius 3 is 2.41 bits per heavy atom. The summed E-state index contributed by atoms with van der Waals surface area (Å²) in [5.41, 5.74) is 0.138.